The maximum absolute atomic E-state index is 3.60. The first-order valence-corrected chi connectivity index (χ1v) is 7.26. The van der Waals surface area contributed by atoms with Crippen molar-refractivity contribution in [2.75, 3.05) is 39.3 Å². The van der Waals surface area contributed by atoms with E-state index in [1.807, 2.05) is 0 Å². The molecule has 0 saturated heterocycles. The topological polar surface area (TPSA) is 48.1 Å². The van der Waals surface area contributed by atoms with Gasteiger partial charge in [0, 0.05) is 12.1 Å². The van der Waals surface area contributed by atoms with Gasteiger partial charge in [-0.25, -0.2) is 0 Å². The van der Waals surface area contributed by atoms with Gasteiger partial charge in [-0.2, -0.15) is 0 Å². The summed E-state index contributed by atoms with van der Waals surface area (Å²) in [7, 11) is 0. The summed E-state index contributed by atoms with van der Waals surface area (Å²) in [5, 5.41) is 13.9. The Morgan fingerprint density at radius 2 is 1.24 bits per heavy atom. The van der Waals surface area contributed by atoms with E-state index in [2.05, 4.69) is 35.1 Å². The molecule has 4 heteroatoms. The van der Waals surface area contributed by atoms with Crippen LogP contribution in [-0.2, 0) is 0 Å². The zero-order valence-electron chi connectivity index (χ0n) is 11.5. The molecule has 0 bridgehead atoms. The van der Waals surface area contributed by atoms with Crippen molar-refractivity contribution in [2.45, 2.75) is 45.2 Å². The van der Waals surface area contributed by atoms with Gasteiger partial charge in [-0.05, 0) is 58.5 Å². The lowest BCUT2D eigenvalue weighted by molar-refractivity contribution is 0.558. The second kappa shape index (κ2) is 9.83. The molecule has 0 aliphatic heterocycles. The van der Waals surface area contributed by atoms with Crippen LogP contribution in [0.4, 0.5) is 0 Å². The van der Waals surface area contributed by atoms with Gasteiger partial charge in [-0.15, -0.1) is 0 Å². The van der Waals surface area contributed by atoms with Gasteiger partial charge in [-0.3, -0.25) is 0 Å². The number of hydrogen-bond acceptors (Lipinski definition) is 4. The van der Waals surface area contributed by atoms with Crippen LogP contribution in [0.5, 0.6) is 0 Å². The summed E-state index contributed by atoms with van der Waals surface area (Å²) in [6.07, 6.45) is 3.78. The monoisotopic (exact) mass is 242 g/mol. The summed E-state index contributed by atoms with van der Waals surface area (Å²) < 4.78 is 0. The van der Waals surface area contributed by atoms with Crippen LogP contribution in [0, 0.1) is 0 Å². The molecule has 4 nitrogen and oxygen atoms in total. The third kappa shape index (κ3) is 7.71. The highest BCUT2D eigenvalue weighted by molar-refractivity contribution is 4.99. The quantitative estimate of drug-likeness (QED) is 0.372. The van der Waals surface area contributed by atoms with Crippen LogP contribution in [0.2, 0.25) is 0 Å². The number of nitrogens with one attached hydrogen (secondary N) is 4. The van der Waals surface area contributed by atoms with Crippen molar-refractivity contribution in [3.8, 4) is 0 Å². The lowest BCUT2D eigenvalue weighted by Crippen LogP contribution is -2.30. The van der Waals surface area contributed by atoms with E-state index in [1.54, 1.807) is 0 Å². The molecular weight excluding hydrogens is 212 g/mol. The van der Waals surface area contributed by atoms with Gasteiger partial charge in [-0.1, -0.05) is 13.8 Å². The van der Waals surface area contributed by atoms with Gasteiger partial charge in [0.25, 0.3) is 0 Å². The molecule has 0 amide bonds. The second-order valence-corrected chi connectivity index (χ2v) is 4.77. The van der Waals surface area contributed by atoms with Crippen LogP contribution in [0.15, 0.2) is 0 Å². The van der Waals surface area contributed by atoms with E-state index in [0.717, 1.165) is 51.4 Å². The molecule has 0 radical (unpaired) electrons. The van der Waals surface area contributed by atoms with Crippen LogP contribution in [0.1, 0.15) is 33.1 Å². The molecule has 2 atom stereocenters. The molecule has 0 aromatic heterocycles. The van der Waals surface area contributed by atoms with Crippen LogP contribution < -0.4 is 21.3 Å². The minimum Gasteiger partial charge on any atom is -0.317 e. The predicted molar refractivity (Wildman–Crippen MR) is 74.5 cm³/mol. The third-order valence-electron chi connectivity index (χ3n) is 3.16. The van der Waals surface area contributed by atoms with E-state index in [0.29, 0.717) is 0 Å². The van der Waals surface area contributed by atoms with E-state index in [4.69, 9.17) is 0 Å². The van der Waals surface area contributed by atoms with Gasteiger partial charge < -0.3 is 21.3 Å². The largest absolute Gasteiger partial charge is 0.317 e. The van der Waals surface area contributed by atoms with Crippen molar-refractivity contribution in [1.82, 2.24) is 21.3 Å². The molecule has 1 aliphatic carbocycles. The maximum atomic E-state index is 3.60. The van der Waals surface area contributed by atoms with Crippen molar-refractivity contribution < 1.29 is 0 Å². The smallest absolute Gasteiger partial charge is 0.0237 e. The van der Waals surface area contributed by atoms with Crippen molar-refractivity contribution >= 4 is 0 Å². The summed E-state index contributed by atoms with van der Waals surface area (Å²) in [6, 6.07) is 1.46. The summed E-state index contributed by atoms with van der Waals surface area (Å²) in [5.41, 5.74) is 0. The first kappa shape index (κ1) is 14.9. The molecule has 0 aromatic rings. The Bertz CT molecular complexity index is 157. The highest BCUT2D eigenvalue weighted by Crippen LogP contribution is 2.20. The van der Waals surface area contributed by atoms with Crippen LogP contribution in [0.3, 0.4) is 0 Å². The predicted octanol–water partition coefficient (Wildman–Crippen LogP) is 0.306. The van der Waals surface area contributed by atoms with Crippen LogP contribution in [0.25, 0.3) is 0 Å². The Hall–Kier alpha value is -0.160. The number of rotatable bonds is 12. The van der Waals surface area contributed by atoms with E-state index in [1.165, 1.54) is 19.3 Å². The molecule has 1 rings (SSSR count). The normalized spacial score (nSPS) is 22.9. The van der Waals surface area contributed by atoms with Gasteiger partial charge >= 0.3 is 0 Å². The minimum atomic E-state index is 0.732. The Morgan fingerprint density at radius 1 is 0.765 bits per heavy atom. The van der Waals surface area contributed by atoms with Crippen molar-refractivity contribution in [2.24, 2.45) is 0 Å². The fraction of sp³-hybridized carbons (Fsp3) is 1.00. The molecule has 1 aliphatic rings. The van der Waals surface area contributed by atoms with E-state index in [9.17, 15) is 0 Å². The fourth-order valence-electron chi connectivity index (χ4n) is 2.00. The molecule has 1 unspecified atom stereocenters. The molecule has 102 valence electrons. The van der Waals surface area contributed by atoms with E-state index < -0.39 is 0 Å². The van der Waals surface area contributed by atoms with E-state index in [-0.39, 0.29) is 0 Å². The van der Waals surface area contributed by atoms with Crippen LogP contribution >= 0.6 is 0 Å². The Morgan fingerprint density at radius 3 is 1.65 bits per heavy atom. The summed E-state index contributed by atoms with van der Waals surface area (Å²) in [6.45, 7) is 11.0. The Labute approximate surface area is 106 Å². The van der Waals surface area contributed by atoms with Gasteiger partial charge in [0.2, 0.25) is 0 Å². The SMILES string of the molecule is CCNCCCNC1C[C@@H]1NCCCNCC. The average molecular weight is 242 g/mol. The molecule has 0 spiro atoms. The zero-order valence-corrected chi connectivity index (χ0v) is 11.5. The van der Waals surface area contributed by atoms with Crippen LogP contribution in [-0.4, -0.2) is 51.4 Å². The molecule has 1 saturated carbocycles. The molecule has 17 heavy (non-hydrogen) atoms. The molecular formula is C13H30N4. The van der Waals surface area contributed by atoms with Crippen molar-refractivity contribution in [3.63, 3.8) is 0 Å². The van der Waals surface area contributed by atoms with Gasteiger partial charge in [0.15, 0.2) is 0 Å². The lowest BCUT2D eigenvalue weighted by Gasteiger charge is -2.06. The minimum absolute atomic E-state index is 0.732. The summed E-state index contributed by atoms with van der Waals surface area (Å²) in [4.78, 5) is 0. The summed E-state index contributed by atoms with van der Waals surface area (Å²) in [5.74, 6) is 0. The molecule has 1 fully saturated rings. The molecule has 0 aromatic carbocycles. The second-order valence-electron chi connectivity index (χ2n) is 4.77. The Balaban J connectivity index is 1.78. The van der Waals surface area contributed by atoms with Gasteiger partial charge in [0.05, 0.1) is 0 Å². The summed E-state index contributed by atoms with van der Waals surface area (Å²) >= 11 is 0. The zero-order chi connectivity index (χ0) is 12.3. The van der Waals surface area contributed by atoms with Crippen molar-refractivity contribution in [1.29, 1.82) is 0 Å². The molecule has 4 N–H and O–H groups in total. The lowest BCUT2D eigenvalue weighted by atomic mass is 10.4. The highest BCUT2D eigenvalue weighted by Gasteiger charge is 2.35. The fourth-order valence-corrected chi connectivity index (χ4v) is 2.00. The highest BCUT2D eigenvalue weighted by atomic mass is 15.1. The Kier molecular flexibility index (Phi) is 8.61. The maximum Gasteiger partial charge on any atom is 0.0237 e. The number of hydrogen-bond donors (Lipinski definition) is 4. The standard InChI is InChI=1S/C13H30N4/c1-3-14-7-5-9-16-12-11-13(12)17-10-6-8-15-4-2/h12-17H,3-11H2,1-2H3/t12-,13?/m0/s1. The van der Waals surface area contributed by atoms with E-state index >= 15 is 0 Å². The van der Waals surface area contributed by atoms with Crippen molar-refractivity contribution in [3.05, 3.63) is 0 Å². The first-order chi connectivity index (χ1) is 8.38. The molecule has 0 heterocycles. The third-order valence-corrected chi connectivity index (χ3v) is 3.16. The average Bonchev–Trinajstić information content (AvgIpc) is 3.07. The first-order valence-electron chi connectivity index (χ1n) is 7.26. The van der Waals surface area contributed by atoms with Gasteiger partial charge in [0.1, 0.15) is 0 Å².